The zero-order chi connectivity index (χ0) is 13.0. The summed E-state index contributed by atoms with van der Waals surface area (Å²) in [7, 11) is 0. The maximum atomic E-state index is 5.87. The first-order valence-corrected chi connectivity index (χ1v) is 7.20. The monoisotopic (exact) mass is 250 g/mol. The average molecular weight is 250 g/mol. The first kappa shape index (κ1) is 13.6. The SMILES string of the molecule is CCNCc1cc(CN2CCCC(C)C2)oc1C. The molecule has 1 aromatic heterocycles. The molecule has 0 aromatic carbocycles. The molecule has 1 aromatic rings. The van der Waals surface area contributed by atoms with Gasteiger partial charge in [-0.15, -0.1) is 0 Å². The van der Waals surface area contributed by atoms with Crippen LogP contribution < -0.4 is 5.32 Å². The molecule has 1 saturated heterocycles. The van der Waals surface area contributed by atoms with Crippen LogP contribution in [0.3, 0.4) is 0 Å². The summed E-state index contributed by atoms with van der Waals surface area (Å²) in [6.45, 7) is 11.9. The molecule has 0 spiro atoms. The highest BCUT2D eigenvalue weighted by atomic mass is 16.3. The van der Waals surface area contributed by atoms with E-state index in [0.29, 0.717) is 0 Å². The van der Waals surface area contributed by atoms with Crippen molar-refractivity contribution in [2.75, 3.05) is 19.6 Å². The number of aryl methyl sites for hydroxylation is 1. The fourth-order valence-corrected chi connectivity index (χ4v) is 2.75. The molecule has 3 heteroatoms. The lowest BCUT2D eigenvalue weighted by molar-refractivity contribution is 0.165. The lowest BCUT2D eigenvalue weighted by Crippen LogP contribution is -2.33. The fraction of sp³-hybridized carbons (Fsp3) is 0.733. The van der Waals surface area contributed by atoms with Crippen LogP contribution in [-0.4, -0.2) is 24.5 Å². The second kappa shape index (κ2) is 6.39. The number of hydrogen-bond acceptors (Lipinski definition) is 3. The Morgan fingerprint density at radius 2 is 2.33 bits per heavy atom. The molecule has 0 radical (unpaired) electrons. The van der Waals surface area contributed by atoms with Crippen LogP contribution in [0.5, 0.6) is 0 Å². The van der Waals surface area contributed by atoms with Gasteiger partial charge in [0.2, 0.25) is 0 Å². The zero-order valence-corrected chi connectivity index (χ0v) is 12.0. The van der Waals surface area contributed by atoms with E-state index >= 15 is 0 Å². The lowest BCUT2D eigenvalue weighted by Gasteiger charge is -2.29. The van der Waals surface area contributed by atoms with Gasteiger partial charge in [-0.05, 0) is 44.8 Å². The number of furan rings is 1. The number of likely N-dealkylation sites (tertiary alicyclic amines) is 1. The lowest BCUT2D eigenvalue weighted by atomic mass is 10.0. The van der Waals surface area contributed by atoms with Crippen LogP contribution in [0.25, 0.3) is 0 Å². The molecule has 1 aliphatic rings. The Bertz CT molecular complexity index is 373. The van der Waals surface area contributed by atoms with E-state index in [1.807, 2.05) is 0 Å². The third-order valence-electron chi connectivity index (χ3n) is 3.76. The van der Waals surface area contributed by atoms with Crippen LogP contribution in [0, 0.1) is 12.8 Å². The predicted octanol–water partition coefficient (Wildman–Crippen LogP) is 2.93. The van der Waals surface area contributed by atoms with E-state index < -0.39 is 0 Å². The van der Waals surface area contributed by atoms with Gasteiger partial charge in [-0.1, -0.05) is 13.8 Å². The van der Waals surface area contributed by atoms with E-state index in [4.69, 9.17) is 4.42 Å². The Labute approximate surface area is 111 Å². The molecule has 0 saturated carbocycles. The molecule has 102 valence electrons. The standard InChI is InChI=1S/C15H26N2O/c1-4-16-9-14-8-15(18-13(14)3)11-17-7-5-6-12(2)10-17/h8,12,16H,4-7,9-11H2,1-3H3. The quantitative estimate of drug-likeness (QED) is 0.871. The molecule has 18 heavy (non-hydrogen) atoms. The van der Waals surface area contributed by atoms with Crippen molar-refractivity contribution in [3.05, 3.63) is 23.2 Å². The first-order chi connectivity index (χ1) is 8.69. The number of rotatable bonds is 5. The zero-order valence-electron chi connectivity index (χ0n) is 12.0. The summed E-state index contributed by atoms with van der Waals surface area (Å²) in [6, 6.07) is 2.22. The second-order valence-corrected chi connectivity index (χ2v) is 5.56. The van der Waals surface area contributed by atoms with Gasteiger partial charge >= 0.3 is 0 Å². The normalized spacial score (nSPS) is 21.4. The molecule has 0 aliphatic carbocycles. The third-order valence-corrected chi connectivity index (χ3v) is 3.76. The number of nitrogens with zero attached hydrogens (tertiary/aromatic N) is 1. The molecule has 1 unspecified atom stereocenters. The smallest absolute Gasteiger partial charge is 0.118 e. The van der Waals surface area contributed by atoms with E-state index in [0.717, 1.165) is 37.1 Å². The van der Waals surface area contributed by atoms with E-state index in [-0.39, 0.29) is 0 Å². The van der Waals surface area contributed by atoms with Gasteiger partial charge in [-0.2, -0.15) is 0 Å². The van der Waals surface area contributed by atoms with Crippen molar-refractivity contribution in [1.29, 1.82) is 0 Å². The molecule has 2 heterocycles. The first-order valence-electron chi connectivity index (χ1n) is 7.20. The Hall–Kier alpha value is -0.800. The summed E-state index contributed by atoms with van der Waals surface area (Å²) in [5.41, 5.74) is 1.30. The molecule has 0 bridgehead atoms. The van der Waals surface area contributed by atoms with Gasteiger partial charge in [0.15, 0.2) is 0 Å². The van der Waals surface area contributed by atoms with Gasteiger partial charge in [0.25, 0.3) is 0 Å². The highest BCUT2D eigenvalue weighted by molar-refractivity contribution is 5.20. The van der Waals surface area contributed by atoms with E-state index in [1.54, 1.807) is 0 Å². The van der Waals surface area contributed by atoms with Gasteiger partial charge < -0.3 is 9.73 Å². The summed E-state index contributed by atoms with van der Waals surface area (Å²) in [6.07, 6.45) is 2.70. The molecule has 1 N–H and O–H groups in total. The highest BCUT2D eigenvalue weighted by Crippen LogP contribution is 2.20. The highest BCUT2D eigenvalue weighted by Gasteiger charge is 2.18. The van der Waals surface area contributed by atoms with Crippen LogP contribution in [0.1, 0.15) is 43.8 Å². The minimum atomic E-state index is 0.830. The number of hydrogen-bond donors (Lipinski definition) is 1. The molecular formula is C15H26N2O. The predicted molar refractivity (Wildman–Crippen MR) is 74.5 cm³/mol. The van der Waals surface area contributed by atoms with Crippen molar-refractivity contribution in [1.82, 2.24) is 10.2 Å². The fourth-order valence-electron chi connectivity index (χ4n) is 2.75. The van der Waals surface area contributed by atoms with Gasteiger partial charge in [0.1, 0.15) is 11.5 Å². The van der Waals surface area contributed by atoms with Crippen LogP contribution in [0.2, 0.25) is 0 Å². The number of nitrogens with one attached hydrogen (secondary N) is 1. The van der Waals surface area contributed by atoms with Crippen molar-refractivity contribution in [3.63, 3.8) is 0 Å². The van der Waals surface area contributed by atoms with Gasteiger partial charge in [0, 0.05) is 18.7 Å². The second-order valence-electron chi connectivity index (χ2n) is 5.56. The molecule has 2 rings (SSSR count). The molecule has 1 atom stereocenters. The Kier molecular flexibility index (Phi) is 4.84. The average Bonchev–Trinajstić information content (AvgIpc) is 2.67. The van der Waals surface area contributed by atoms with E-state index in [1.165, 1.54) is 31.5 Å². The molecule has 0 amide bonds. The molecular weight excluding hydrogens is 224 g/mol. The van der Waals surface area contributed by atoms with E-state index in [2.05, 4.69) is 37.1 Å². The third kappa shape index (κ3) is 3.59. The Morgan fingerprint density at radius 3 is 3.06 bits per heavy atom. The maximum Gasteiger partial charge on any atom is 0.118 e. The van der Waals surface area contributed by atoms with Crippen molar-refractivity contribution < 1.29 is 4.42 Å². The minimum absolute atomic E-state index is 0.830. The molecule has 1 fully saturated rings. The largest absolute Gasteiger partial charge is 0.465 e. The van der Waals surface area contributed by atoms with Gasteiger partial charge in [-0.3, -0.25) is 4.90 Å². The van der Waals surface area contributed by atoms with Gasteiger partial charge in [-0.25, -0.2) is 0 Å². The topological polar surface area (TPSA) is 28.4 Å². The molecule has 3 nitrogen and oxygen atoms in total. The van der Waals surface area contributed by atoms with Crippen LogP contribution in [0.15, 0.2) is 10.5 Å². The summed E-state index contributed by atoms with van der Waals surface area (Å²) < 4.78 is 5.87. The summed E-state index contributed by atoms with van der Waals surface area (Å²) in [5.74, 6) is 3.02. The minimum Gasteiger partial charge on any atom is -0.465 e. The Morgan fingerprint density at radius 1 is 1.50 bits per heavy atom. The summed E-state index contributed by atoms with van der Waals surface area (Å²) >= 11 is 0. The maximum absolute atomic E-state index is 5.87. The van der Waals surface area contributed by atoms with Crippen LogP contribution in [-0.2, 0) is 13.1 Å². The Balaban J connectivity index is 1.92. The van der Waals surface area contributed by atoms with Gasteiger partial charge in [0.05, 0.1) is 6.54 Å². The van der Waals surface area contributed by atoms with Crippen molar-refractivity contribution in [2.45, 2.75) is 46.7 Å². The summed E-state index contributed by atoms with van der Waals surface area (Å²) in [4.78, 5) is 2.52. The van der Waals surface area contributed by atoms with Crippen molar-refractivity contribution >= 4 is 0 Å². The van der Waals surface area contributed by atoms with Crippen molar-refractivity contribution in [2.24, 2.45) is 5.92 Å². The van der Waals surface area contributed by atoms with Crippen LogP contribution in [0.4, 0.5) is 0 Å². The molecule has 1 aliphatic heterocycles. The van der Waals surface area contributed by atoms with Crippen LogP contribution >= 0.6 is 0 Å². The number of piperidine rings is 1. The van der Waals surface area contributed by atoms with Crippen molar-refractivity contribution in [3.8, 4) is 0 Å². The summed E-state index contributed by atoms with van der Waals surface area (Å²) in [5, 5.41) is 3.36. The van der Waals surface area contributed by atoms with E-state index in [9.17, 15) is 0 Å².